The van der Waals surface area contributed by atoms with Crippen LogP contribution >= 0.6 is 0 Å². The number of carbonyl (C=O) groups excluding carboxylic acids is 2. The van der Waals surface area contributed by atoms with Gasteiger partial charge in [0.2, 0.25) is 0 Å². The van der Waals surface area contributed by atoms with Crippen molar-refractivity contribution in [3.8, 4) is 5.75 Å². The highest BCUT2D eigenvalue weighted by atomic mass is 16.5. The van der Waals surface area contributed by atoms with E-state index in [9.17, 15) is 9.59 Å². The molecule has 2 N–H and O–H groups in total. The molecule has 2 heterocycles. The Morgan fingerprint density at radius 2 is 1.88 bits per heavy atom. The minimum absolute atomic E-state index is 0.0818. The summed E-state index contributed by atoms with van der Waals surface area (Å²) in [4.78, 5) is 28.7. The number of hydrogen-bond acceptors (Lipinski definition) is 6. The van der Waals surface area contributed by atoms with Gasteiger partial charge in [0, 0.05) is 17.8 Å². The number of carbonyl (C=O) groups is 2. The van der Waals surface area contributed by atoms with Crippen LogP contribution in [0.4, 0.5) is 11.5 Å². The summed E-state index contributed by atoms with van der Waals surface area (Å²) in [6.45, 7) is 1.71. The van der Waals surface area contributed by atoms with Crippen LogP contribution in [0.2, 0.25) is 0 Å². The van der Waals surface area contributed by atoms with E-state index in [0.29, 0.717) is 17.2 Å². The zero-order valence-electron chi connectivity index (χ0n) is 14.1. The fourth-order valence-electron chi connectivity index (χ4n) is 2.24. The molecule has 8 heteroatoms. The maximum absolute atomic E-state index is 12.5. The van der Waals surface area contributed by atoms with E-state index in [1.807, 2.05) is 0 Å². The van der Waals surface area contributed by atoms with Gasteiger partial charge in [-0.3, -0.25) is 14.6 Å². The van der Waals surface area contributed by atoms with E-state index >= 15 is 0 Å². The molecule has 26 heavy (non-hydrogen) atoms. The minimum Gasteiger partial charge on any atom is -0.495 e. The highest BCUT2D eigenvalue weighted by Crippen LogP contribution is 2.23. The standard InChI is InChI=1S/C18H16N4O4/c1-11-9-16(22-26-11)21-18(24)14-10-12(7-8-19-14)17(23)20-13-5-3-4-6-15(13)25-2/h3-10H,1-2H3,(H,20,23)(H,21,22,24). The Morgan fingerprint density at radius 1 is 1.08 bits per heavy atom. The van der Waals surface area contributed by atoms with E-state index in [-0.39, 0.29) is 23.0 Å². The lowest BCUT2D eigenvalue weighted by atomic mass is 10.2. The zero-order valence-corrected chi connectivity index (χ0v) is 14.1. The number of pyridine rings is 1. The summed E-state index contributed by atoms with van der Waals surface area (Å²) in [6, 6.07) is 11.5. The van der Waals surface area contributed by atoms with Crippen molar-refractivity contribution in [1.82, 2.24) is 10.1 Å². The van der Waals surface area contributed by atoms with Crippen LogP contribution < -0.4 is 15.4 Å². The van der Waals surface area contributed by atoms with Crippen LogP contribution in [0.25, 0.3) is 0 Å². The second-order valence-corrected chi connectivity index (χ2v) is 5.36. The summed E-state index contributed by atoms with van der Waals surface area (Å²) in [6.07, 6.45) is 1.39. The SMILES string of the molecule is COc1ccccc1NC(=O)c1ccnc(C(=O)Nc2cc(C)on2)c1. The van der Waals surface area contributed by atoms with E-state index in [0.717, 1.165) is 0 Å². The van der Waals surface area contributed by atoms with Gasteiger partial charge in [0.15, 0.2) is 5.82 Å². The van der Waals surface area contributed by atoms with Crippen LogP contribution in [-0.4, -0.2) is 29.1 Å². The number of nitrogens with one attached hydrogen (secondary N) is 2. The first-order valence-electron chi connectivity index (χ1n) is 7.72. The Labute approximate surface area is 149 Å². The third kappa shape index (κ3) is 3.86. The molecule has 1 aromatic carbocycles. The highest BCUT2D eigenvalue weighted by molar-refractivity contribution is 6.08. The first-order valence-corrected chi connectivity index (χ1v) is 7.72. The molecule has 0 aliphatic carbocycles. The summed E-state index contributed by atoms with van der Waals surface area (Å²) < 4.78 is 10.1. The molecule has 132 valence electrons. The van der Waals surface area contributed by atoms with Gasteiger partial charge in [-0.1, -0.05) is 17.3 Å². The molecule has 0 fully saturated rings. The number of para-hydroxylation sites is 2. The molecule has 0 saturated heterocycles. The zero-order chi connectivity index (χ0) is 18.5. The maximum atomic E-state index is 12.5. The normalized spacial score (nSPS) is 10.2. The van der Waals surface area contributed by atoms with Crippen molar-refractivity contribution < 1.29 is 18.8 Å². The number of amides is 2. The summed E-state index contributed by atoms with van der Waals surface area (Å²) in [5.41, 5.74) is 0.895. The minimum atomic E-state index is -0.495. The number of hydrogen-bond donors (Lipinski definition) is 2. The number of nitrogens with zero attached hydrogens (tertiary/aromatic N) is 2. The molecule has 0 unspecified atom stereocenters. The molecule has 3 rings (SSSR count). The summed E-state index contributed by atoms with van der Waals surface area (Å²) >= 11 is 0. The van der Waals surface area contributed by atoms with E-state index in [1.54, 1.807) is 37.3 Å². The van der Waals surface area contributed by atoms with Crippen molar-refractivity contribution >= 4 is 23.3 Å². The second-order valence-electron chi connectivity index (χ2n) is 5.36. The average molecular weight is 352 g/mol. The van der Waals surface area contributed by atoms with Gasteiger partial charge in [-0.05, 0) is 31.2 Å². The largest absolute Gasteiger partial charge is 0.495 e. The lowest BCUT2D eigenvalue weighted by molar-refractivity contribution is 0.102. The van der Waals surface area contributed by atoms with Crippen molar-refractivity contribution in [2.24, 2.45) is 0 Å². The van der Waals surface area contributed by atoms with Crippen LogP contribution in [0.15, 0.2) is 53.2 Å². The maximum Gasteiger partial charge on any atom is 0.275 e. The molecular weight excluding hydrogens is 336 g/mol. The van der Waals surface area contributed by atoms with Gasteiger partial charge in [-0.2, -0.15) is 0 Å². The lowest BCUT2D eigenvalue weighted by Gasteiger charge is -2.10. The van der Waals surface area contributed by atoms with Crippen molar-refractivity contribution in [1.29, 1.82) is 0 Å². The Morgan fingerprint density at radius 3 is 2.62 bits per heavy atom. The first kappa shape index (κ1) is 17.2. The van der Waals surface area contributed by atoms with E-state index in [4.69, 9.17) is 9.26 Å². The summed E-state index contributed by atoms with van der Waals surface area (Å²) in [5.74, 6) is 0.499. The van der Waals surface area contributed by atoms with Crippen LogP contribution in [0.3, 0.4) is 0 Å². The third-order valence-electron chi connectivity index (χ3n) is 3.48. The summed E-state index contributed by atoms with van der Waals surface area (Å²) in [7, 11) is 1.52. The van der Waals surface area contributed by atoms with Gasteiger partial charge in [0.05, 0.1) is 12.8 Å². The Balaban J connectivity index is 1.75. The quantitative estimate of drug-likeness (QED) is 0.731. The van der Waals surface area contributed by atoms with E-state index in [2.05, 4.69) is 20.8 Å². The van der Waals surface area contributed by atoms with Crippen molar-refractivity contribution in [3.63, 3.8) is 0 Å². The highest BCUT2D eigenvalue weighted by Gasteiger charge is 2.14. The molecule has 0 saturated carbocycles. The van der Waals surface area contributed by atoms with Gasteiger partial charge >= 0.3 is 0 Å². The molecule has 2 aromatic heterocycles. The van der Waals surface area contributed by atoms with Gasteiger partial charge in [-0.15, -0.1) is 0 Å². The van der Waals surface area contributed by atoms with Gasteiger partial charge in [-0.25, -0.2) is 0 Å². The molecule has 0 radical (unpaired) electrons. The number of benzene rings is 1. The number of methoxy groups -OCH3 is 1. The molecule has 0 aliphatic rings. The lowest BCUT2D eigenvalue weighted by Crippen LogP contribution is -2.17. The number of ether oxygens (including phenoxy) is 1. The Bertz CT molecular complexity index is 952. The molecule has 8 nitrogen and oxygen atoms in total. The topological polar surface area (TPSA) is 106 Å². The molecule has 3 aromatic rings. The predicted octanol–water partition coefficient (Wildman–Crippen LogP) is 2.89. The van der Waals surface area contributed by atoms with Crippen LogP contribution in [0.5, 0.6) is 5.75 Å². The fourth-order valence-corrected chi connectivity index (χ4v) is 2.24. The molecule has 0 atom stereocenters. The molecule has 0 bridgehead atoms. The van der Waals surface area contributed by atoms with Crippen molar-refractivity contribution in [2.45, 2.75) is 6.92 Å². The fraction of sp³-hybridized carbons (Fsp3) is 0.111. The molecule has 0 spiro atoms. The number of aromatic nitrogens is 2. The molecule has 2 amide bonds. The second kappa shape index (κ2) is 7.47. The Kier molecular flexibility index (Phi) is 4.93. The smallest absolute Gasteiger partial charge is 0.275 e. The molecular formula is C18H16N4O4. The van der Waals surface area contributed by atoms with Crippen molar-refractivity contribution in [2.75, 3.05) is 17.7 Å². The Hall–Kier alpha value is -3.68. The number of rotatable bonds is 5. The average Bonchev–Trinajstić information content (AvgIpc) is 3.07. The number of anilines is 2. The van der Waals surface area contributed by atoms with E-state index in [1.165, 1.54) is 25.4 Å². The van der Waals surface area contributed by atoms with Crippen molar-refractivity contribution in [3.05, 3.63) is 65.7 Å². The van der Waals surface area contributed by atoms with Crippen LogP contribution in [-0.2, 0) is 0 Å². The monoisotopic (exact) mass is 352 g/mol. The van der Waals surface area contributed by atoms with Crippen LogP contribution in [0, 0.1) is 6.92 Å². The van der Waals surface area contributed by atoms with Gasteiger partial charge in [0.1, 0.15) is 17.2 Å². The molecule has 0 aliphatic heterocycles. The van der Waals surface area contributed by atoms with Gasteiger partial charge < -0.3 is 19.9 Å². The van der Waals surface area contributed by atoms with Crippen LogP contribution in [0.1, 0.15) is 26.6 Å². The van der Waals surface area contributed by atoms with E-state index < -0.39 is 5.91 Å². The van der Waals surface area contributed by atoms with Gasteiger partial charge in [0.25, 0.3) is 11.8 Å². The predicted molar refractivity (Wildman–Crippen MR) is 94.4 cm³/mol. The number of aryl methyl sites for hydroxylation is 1. The summed E-state index contributed by atoms with van der Waals surface area (Å²) in [5, 5.41) is 8.99. The third-order valence-corrected chi connectivity index (χ3v) is 3.48. The first-order chi connectivity index (χ1) is 12.6.